The lowest BCUT2D eigenvalue weighted by Gasteiger charge is -2.36. The molecule has 7 heteroatoms. The minimum atomic E-state index is 0.681. The SMILES string of the molecule is Clc1cccnc1N1CCN(c2ccc3nccnc3n2)CC1. The smallest absolute Gasteiger partial charge is 0.180 e. The van der Waals surface area contributed by atoms with Crippen molar-refractivity contribution >= 4 is 34.4 Å². The van der Waals surface area contributed by atoms with Crippen LogP contribution in [0.2, 0.25) is 5.02 Å². The van der Waals surface area contributed by atoms with Crippen molar-refractivity contribution in [2.75, 3.05) is 36.0 Å². The Morgan fingerprint density at radius 2 is 1.61 bits per heavy atom. The van der Waals surface area contributed by atoms with Gasteiger partial charge in [-0.2, -0.15) is 0 Å². The van der Waals surface area contributed by atoms with Gasteiger partial charge in [0.25, 0.3) is 0 Å². The van der Waals surface area contributed by atoms with Gasteiger partial charge in [0, 0.05) is 44.8 Å². The third kappa shape index (κ3) is 2.77. The van der Waals surface area contributed by atoms with E-state index in [0.717, 1.165) is 43.3 Å². The second kappa shape index (κ2) is 5.96. The minimum absolute atomic E-state index is 0.681. The zero-order valence-electron chi connectivity index (χ0n) is 12.4. The van der Waals surface area contributed by atoms with Crippen molar-refractivity contribution in [2.24, 2.45) is 0 Å². The number of halogens is 1. The van der Waals surface area contributed by atoms with Crippen molar-refractivity contribution in [3.05, 3.63) is 47.9 Å². The highest BCUT2D eigenvalue weighted by molar-refractivity contribution is 6.32. The Morgan fingerprint density at radius 3 is 2.43 bits per heavy atom. The van der Waals surface area contributed by atoms with Crippen LogP contribution in [0.1, 0.15) is 0 Å². The molecule has 0 aliphatic carbocycles. The van der Waals surface area contributed by atoms with Crippen LogP contribution in [0.15, 0.2) is 42.9 Å². The maximum atomic E-state index is 6.23. The number of aromatic nitrogens is 4. The van der Waals surface area contributed by atoms with Gasteiger partial charge in [-0.1, -0.05) is 11.6 Å². The lowest BCUT2D eigenvalue weighted by atomic mass is 10.3. The highest BCUT2D eigenvalue weighted by Crippen LogP contribution is 2.24. The molecule has 1 aliphatic heterocycles. The van der Waals surface area contributed by atoms with Crippen molar-refractivity contribution in [1.82, 2.24) is 19.9 Å². The predicted octanol–water partition coefficient (Wildman–Crippen LogP) is 2.40. The summed E-state index contributed by atoms with van der Waals surface area (Å²) >= 11 is 6.23. The largest absolute Gasteiger partial charge is 0.353 e. The average Bonchev–Trinajstić information content (AvgIpc) is 2.62. The molecule has 0 aromatic carbocycles. The van der Waals surface area contributed by atoms with Gasteiger partial charge in [-0.15, -0.1) is 0 Å². The zero-order valence-corrected chi connectivity index (χ0v) is 13.2. The topological polar surface area (TPSA) is 58.0 Å². The van der Waals surface area contributed by atoms with Gasteiger partial charge in [-0.05, 0) is 24.3 Å². The van der Waals surface area contributed by atoms with Crippen LogP contribution in [-0.2, 0) is 0 Å². The quantitative estimate of drug-likeness (QED) is 0.720. The second-order valence-electron chi connectivity index (χ2n) is 5.35. The molecule has 1 saturated heterocycles. The van der Waals surface area contributed by atoms with Crippen molar-refractivity contribution < 1.29 is 0 Å². The fourth-order valence-corrected chi connectivity index (χ4v) is 3.02. The standard InChI is InChI=1S/C16H15ClN6/c17-12-2-1-5-20-16(12)23-10-8-22(9-11-23)14-4-3-13-15(21-14)19-7-6-18-13/h1-7H,8-11H2. The molecule has 3 aromatic heterocycles. The number of pyridine rings is 2. The van der Waals surface area contributed by atoms with E-state index in [1.54, 1.807) is 18.6 Å². The summed E-state index contributed by atoms with van der Waals surface area (Å²) in [5.74, 6) is 1.79. The van der Waals surface area contributed by atoms with Crippen molar-refractivity contribution in [3.63, 3.8) is 0 Å². The highest BCUT2D eigenvalue weighted by Gasteiger charge is 2.20. The van der Waals surface area contributed by atoms with E-state index in [-0.39, 0.29) is 0 Å². The molecule has 3 aromatic rings. The van der Waals surface area contributed by atoms with E-state index in [4.69, 9.17) is 11.6 Å². The first-order chi connectivity index (χ1) is 11.3. The summed E-state index contributed by atoms with van der Waals surface area (Å²) in [7, 11) is 0. The van der Waals surface area contributed by atoms with Crippen LogP contribution in [0.4, 0.5) is 11.6 Å². The van der Waals surface area contributed by atoms with Gasteiger partial charge < -0.3 is 9.80 Å². The Morgan fingerprint density at radius 1 is 0.826 bits per heavy atom. The molecule has 23 heavy (non-hydrogen) atoms. The lowest BCUT2D eigenvalue weighted by Crippen LogP contribution is -2.47. The van der Waals surface area contributed by atoms with Crippen molar-refractivity contribution in [3.8, 4) is 0 Å². The zero-order chi connectivity index (χ0) is 15.6. The molecule has 0 spiro atoms. The minimum Gasteiger partial charge on any atom is -0.353 e. The summed E-state index contributed by atoms with van der Waals surface area (Å²) in [6.45, 7) is 3.45. The summed E-state index contributed by atoms with van der Waals surface area (Å²) in [4.78, 5) is 22.0. The van der Waals surface area contributed by atoms with Crippen LogP contribution >= 0.6 is 11.6 Å². The van der Waals surface area contributed by atoms with E-state index in [9.17, 15) is 0 Å². The molecule has 0 atom stereocenters. The summed E-state index contributed by atoms with van der Waals surface area (Å²) in [6, 6.07) is 7.69. The molecule has 1 aliphatic rings. The number of piperazine rings is 1. The number of anilines is 2. The van der Waals surface area contributed by atoms with E-state index in [1.165, 1.54) is 0 Å². The monoisotopic (exact) mass is 326 g/mol. The highest BCUT2D eigenvalue weighted by atomic mass is 35.5. The maximum Gasteiger partial charge on any atom is 0.180 e. The van der Waals surface area contributed by atoms with E-state index in [2.05, 4.69) is 29.7 Å². The third-order valence-corrected chi connectivity index (χ3v) is 4.25. The van der Waals surface area contributed by atoms with Gasteiger partial charge in [0.05, 0.1) is 5.02 Å². The average molecular weight is 327 g/mol. The first-order valence-electron chi connectivity index (χ1n) is 7.49. The Hall–Kier alpha value is -2.47. The fraction of sp³-hybridized carbons (Fsp3) is 0.250. The molecule has 0 N–H and O–H groups in total. The molecule has 6 nitrogen and oxygen atoms in total. The summed E-state index contributed by atoms with van der Waals surface area (Å²) in [5, 5.41) is 0.694. The van der Waals surface area contributed by atoms with Crippen LogP contribution in [-0.4, -0.2) is 46.1 Å². The predicted molar refractivity (Wildman–Crippen MR) is 91.0 cm³/mol. The maximum absolute atomic E-state index is 6.23. The van der Waals surface area contributed by atoms with Gasteiger partial charge >= 0.3 is 0 Å². The van der Waals surface area contributed by atoms with Crippen LogP contribution in [0.3, 0.4) is 0 Å². The summed E-state index contributed by atoms with van der Waals surface area (Å²) < 4.78 is 0. The van der Waals surface area contributed by atoms with Crippen LogP contribution in [0, 0.1) is 0 Å². The van der Waals surface area contributed by atoms with E-state index < -0.39 is 0 Å². The number of rotatable bonds is 2. The first kappa shape index (κ1) is 14.1. The first-order valence-corrected chi connectivity index (χ1v) is 7.87. The third-order valence-electron chi connectivity index (χ3n) is 3.96. The van der Waals surface area contributed by atoms with Gasteiger partial charge in [0.1, 0.15) is 17.2 Å². The number of hydrogen-bond donors (Lipinski definition) is 0. The van der Waals surface area contributed by atoms with Gasteiger partial charge in [0.15, 0.2) is 5.65 Å². The Bertz CT molecular complexity index is 831. The normalized spacial score (nSPS) is 15.2. The molecule has 0 amide bonds. The molecule has 4 heterocycles. The number of hydrogen-bond acceptors (Lipinski definition) is 6. The van der Waals surface area contributed by atoms with Crippen molar-refractivity contribution in [2.45, 2.75) is 0 Å². The van der Waals surface area contributed by atoms with Gasteiger partial charge in [-0.25, -0.2) is 15.0 Å². The lowest BCUT2D eigenvalue weighted by molar-refractivity contribution is 0.642. The molecule has 1 fully saturated rings. The number of nitrogens with zero attached hydrogens (tertiary/aromatic N) is 6. The van der Waals surface area contributed by atoms with E-state index >= 15 is 0 Å². The van der Waals surface area contributed by atoms with Crippen molar-refractivity contribution in [1.29, 1.82) is 0 Å². The molecule has 0 saturated carbocycles. The van der Waals surface area contributed by atoms with Gasteiger partial charge in [0.2, 0.25) is 0 Å². The molecule has 0 bridgehead atoms. The van der Waals surface area contributed by atoms with E-state index in [1.807, 2.05) is 24.3 Å². The molecule has 0 radical (unpaired) electrons. The Kier molecular flexibility index (Phi) is 3.67. The Labute approximate surface area is 138 Å². The summed E-state index contributed by atoms with van der Waals surface area (Å²) in [6.07, 6.45) is 5.12. The molecular formula is C16H15ClN6. The second-order valence-corrected chi connectivity index (χ2v) is 5.76. The summed E-state index contributed by atoms with van der Waals surface area (Å²) in [5.41, 5.74) is 1.50. The van der Waals surface area contributed by atoms with Crippen LogP contribution < -0.4 is 9.80 Å². The van der Waals surface area contributed by atoms with E-state index in [0.29, 0.717) is 10.7 Å². The number of fused-ring (bicyclic) bond motifs is 1. The molecule has 4 rings (SSSR count). The van der Waals surface area contributed by atoms with Gasteiger partial charge in [-0.3, -0.25) is 4.98 Å². The fourth-order valence-electron chi connectivity index (χ4n) is 2.78. The Balaban J connectivity index is 1.51. The molecule has 0 unspecified atom stereocenters. The van der Waals surface area contributed by atoms with Crippen LogP contribution in [0.25, 0.3) is 11.2 Å². The molecule has 116 valence electrons. The van der Waals surface area contributed by atoms with Crippen LogP contribution in [0.5, 0.6) is 0 Å². The molecular weight excluding hydrogens is 312 g/mol.